The number of para-hydroxylation sites is 1. The Kier molecular flexibility index (Phi) is 11.1. The number of amides is 2. The Hall–Kier alpha value is -3.24. The SMILES string of the molecule is CC(C)(C)NC(=O)[C@@H](Cc1ccccc1)N(Cc1ccc(Br)cc1)C(=O)CCCN(c1ccccc1F)S(C)(=O)=O. The average Bonchev–Trinajstić information content (AvgIpc) is 2.89. The van der Waals surface area contributed by atoms with Crippen LogP contribution in [0.5, 0.6) is 0 Å². The Morgan fingerprint density at radius 3 is 2.12 bits per heavy atom. The fourth-order valence-corrected chi connectivity index (χ4v) is 5.66. The van der Waals surface area contributed by atoms with Crippen LogP contribution in [0.2, 0.25) is 0 Å². The highest BCUT2D eigenvalue weighted by Crippen LogP contribution is 2.23. The molecular formula is C31H37BrFN3O4S. The minimum absolute atomic E-state index is 0.0366. The van der Waals surface area contributed by atoms with Gasteiger partial charge in [0.1, 0.15) is 11.9 Å². The molecule has 0 unspecified atom stereocenters. The monoisotopic (exact) mass is 645 g/mol. The molecule has 0 radical (unpaired) electrons. The minimum Gasteiger partial charge on any atom is -0.350 e. The van der Waals surface area contributed by atoms with Gasteiger partial charge in [-0.2, -0.15) is 0 Å². The average molecular weight is 647 g/mol. The summed E-state index contributed by atoms with van der Waals surface area (Å²) in [7, 11) is -3.80. The van der Waals surface area contributed by atoms with Crippen LogP contribution in [0.1, 0.15) is 44.7 Å². The molecule has 0 aliphatic carbocycles. The Labute approximate surface area is 250 Å². The van der Waals surface area contributed by atoms with Crippen molar-refractivity contribution in [1.29, 1.82) is 0 Å². The van der Waals surface area contributed by atoms with Crippen molar-refractivity contribution in [3.63, 3.8) is 0 Å². The summed E-state index contributed by atoms with van der Waals surface area (Å²) in [5.41, 5.74) is 1.15. The van der Waals surface area contributed by atoms with E-state index in [2.05, 4.69) is 21.2 Å². The largest absolute Gasteiger partial charge is 0.350 e. The fraction of sp³-hybridized carbons (Fsp3) is 0.355. The van der Waals surface area contributed by atoms with E-state index in [4.69, 9.17) is 0 Å². The number of carbonyl (C=O) groups excluding carboxylic acids is 2. The third-order valence-corrected chi connectivity index (χ3v) is 8.02. The molecule has 7 nitrogen and oxygen atoms in total. The zero-order chi connectivity index (χ0) is 30.2. The number of halogens is 2. The van der Waals surface area contributed by atoms with Gasteiger partial charge in [-0.1, -0.05) is 70.5 Å². The Balaban J connectivity index is 1.90. The molecule has 0 fully saturated rings. The molecule has 3 aromatic rings. The Morgan fingerprint density at radius 1 is 0.927 bits per heavy atom. The number of hydrogen-bond donors (Lipinski definition) is 1. The molecule has 0 saturated carbocycles. The van der Waals surface area contributed by atoms with Crippen LogP contribution in [-0.2, 0) is 32.6 Å². The summed E-state index contributed by atoms with van der Waals surface area (Å²) in [5, 5.41) is 3.02. The van der Waals surface area contributed by atoms with Crippen LogP contribution in [-0.4, -0.2) is 49.5 Å². The molecule has 1 N–H and O–H groups in total. The first kappa shape index (κ1) is 32.3. The van der Waals surface area contributed by atoms with Crippen LogP contribution in [0.4, 0.5) is 10.1 Å². The van der Waals surface area contributed by atoms with E-state index in [1.165, 1.54) is 18.2 Å². The van der Waals surface area contributed by atoms with Gasteiger partial charge in [-0.3, -0.25) is 13.9 Å². The highest BCUT2D eigenvalue weighted by Gasteiger charge is 2.32. The predicted octanol–water partition coefficient (Wildman–Crippen LogP) is 5.69. The third-order valence-electron chi connectivity index (χ3n) is 6.31. The van der Waals surface area contributed by atoms with E-state index in [1.807, 2.05) is 75.4 Å². The number of hydrogen-bond acceptors (Lipinski definition) is 4. The second-order valence-corrected chi connectivity index (χ2v) is 13.8. The highest BCUT2D eigenvalue weighted by atomic mass is 79.9. The molecule has 0 saturated heterocycles. The molecule has 0 heterocycles. The lowest BCUT2D eigenvalue weighted by Gasteiger charge is -2.34. The lowest BCUT2D eigenvalue weighted by Crippen LogP contribution is -2.54. The van der Waals surface area contributed by atoms with Crippen molar-refractivity contribution >= 4 is 43.5 Å². The summed E-state index contributed by atoms with van der Waals surface area (Å²) in [6.07, 6.45) is 1.41. The molecule has 220 valence electrons. The van der Waals surface area contributed by atoms with Gasteiger partial charge >= 0.3 is 0 Å². The van der Waals surface area contributed by atoms with Crippen molar-refractivity contribution in [2.45, 2.75) is 58.2 Å². The Bertz CT molecular complexity index is 1430. The smallest absolute Gasteiger partial charge is 0.243 e. The van der Waals surface area contributed by atoms with E-state index in [1.54, 1.807) is 11.0 Å². The van der Waals surface area contributed by atoms with Crippen molar-refractivity contribution in [2.24, 2.45) is 0 Å². The maximum Gasteiger partial charge on any atom is 0.243 e. The Morgan fingerprint density at radius 2 is 1.54 bits per heavy atom. The van der Waals surface area contributed by atoms with Crippen LogP contribution in [0.3, 0.4) is 0 Å². The van der Waals surface area contributed by atoms with Crippen LogP contribution in [0.15, 0.2) is 83.3 Å². The number of nitrogens with one attached hydrogen (secondary N) is 1. The van der Waals surface area contributed by atoms with Crippen molar-refractivity contribution in [3.8, 4) is 0 Å². The van der Waals surface area contributed by atoms with Crippen molar-refractivity contribution in [2.75, 3.05) is 17.1 Å². The molecule has 0 spiro atoms. The number of carbonyl (C=O) groups is 2. The van der Waals surface area contributed by atoms with Crippen molar-refractivity contribution < 1.29 is 22.4 Å². The molecule has 10 heteroatoms. The zero-order valence-electron chi connectivity index (χ0n) is 23.8. The van der Waals surface area contributed by atoms with Gasteiger partial charge in [0.2, 0.25) is 21.8 Å². The van der Waals surface area contributed by atoms with Crippen molar-refractivity contribution in [3.05, 3.63) is 100 Å². The lowest BCUT2D eigenvalue weighted by molar-refractivity contribution is -0.142. The molecule has 0 aromatic heterocycles. The topological polar surface area (TPSA) is 86.8 Å². The summed E-state index contributed by atoms with van der Waals surface area (Å²) < 4.78 is 41.3. The van der Waals surface area contributed by atoms with Crippen LogP contribution < -0.4 is 9.62 Å². The maximum atomic E-state index is 14.5. The third kappa shape index (κ3) is 9.97. The van der Waals surface area contributed by atoms with Gasteiger partial charge in [0.25, 0.3) is 0 Å². The molecule has 2 amide bonds. The molecule has 3 rings (SSSR count). The fourth-order valence-electron chi connectivity index (χ4n) is 4.43. The molecule has 0 bridgehead atoms. The van der Waals surface area contributed by atoms with Gasteiger partial charge in [0, 0.05) is 35.9 Å². The highest BCUT2D eigenvalue weighted by molar-refractivity contribution is 9.10. The van der Waals surface area contributed by atoms with Gasteiger partial charge in [0.15, 0.2) is 0 Å². The van der Waals surface area contributed by atoms with E-state index in [-0.39, 0.29) is 43.4 Å². The van der Waals surface area contributed by atoms with Gasteiger partial charge in [-0.25, -0.2) is 12.8 Å². The molecular weight excluding hydrogens is 609 g/mol. The predicted molar refractivity (Wildman–Crippen MR) is 164 cm³/mol. The first-order valence-corrected chi connectivity index (χ1v) is 16.0. The summed E-state index contributed by atoms with van der Waals surface area (Å²) >= 11 is 3.43. The maximum absolute atomic E-state index is 14.5. The van der Waals surface area contributed by atoms with Crippen LogP contribution in [0.25, 0.3) is 0 Å². The number of benzene rings is 3. The molecule has 3 aromatic carbocycles. The molecule has 0 aliphatic rings. The summed E-state index contributed by atoms with van der Waals surface area (Å²) in [6.45, 7) is 5.75. The molecule has 0 aliphatic heterocycles. The van der Waals surface area contributed by atoms with Gasteiger partial charge in [-0.05, 0) is 62.6 Å². The second kappa shape index (κ2) is 14.1. The first-order chi connectivity index (χ1) is 19.2. The second-order valence-electron chi connectivity index (χ2n) is 11.0. The van der Waals surface area contributed by atoms with E-state index >= 15 is 0 Å². The van der Waals surface area contributed by atoms with E-state index < -0.39 is 27.4 Å². The molecule has 1 atom stereocenters. The first-order valence-electron chi connectivity index (χ1n) is 13.4. The summed E-state index contributed by atoms with van der Waals surface area (Å²) in [5.74, 6) is -1.25. The van der Waals surface area contributed by atoms with Crippen LogP contribution in [0, 0.1) is 5.82 Å². The lowest BCUT2D eigenvalue weighted by atomic mass is 10.00. The number of nitrogens with zero attached hydrogens (tertiary/aromatic N) is 2. The number of rotatable bonds is 12. The number of anilines is 1. The molecule has 41 heavy (non-hydrogen) atoms. The van der Waals surface area contributed by atoms with Crippen molar-refractivity contribution in [1.82, 2.24) is 10.2 Å². The van der Waals surface area contributed by atoms with E-state index in [0.29, 0.717) is 6.42 Å². The minimum atomic E-state index is -3.80. The zero-order valence-corrected chi connectivity index (χ0v) is 26.2. The van der Waals surface area contributed by atoms with Gasteiger partial charge in [-0.15, -0.1) is 0 Å². The van der Waals surface area contributed by atoms with Gasteiger partial charge in [0.05, 0.1) is 11.9 Å². The van der Waals surface area contributed by atoms with E-state index in [0.717, 1.165) is 26.2 Å². The summed E-state index contributed by atoms with van der Waals surface area (Å²) in [4.78, 5) is 29.1. The van der Waals surface area contributed by atoms with Gasteiger partial charge < -0.3 is 10.2 Å². The quantitative estimate of drug-likeness (QED) is 0.274. The standard InChI is InChI=1S/C31H37BrFN3O4S/c1-31(2,3)34-30(38)28(21-23-11-6-5-7-12-23)35(22-24-16-18-25(32)19-17-24)29(37)15-10-20-36(41(4,39)40)27-14-9-8-13-26(27)33/h5-9,11-14,16-19,28H,10,15,20-22H2,1-4H3,(H,34,38)/t28-/m1/s1. The normalized spacial score (nSPS) is 12.4. The van der Waals surface area contributed by atoms with E-state index in [9.17, 15) is 22.4 Å². The van der Waals surface area contributed by atoms with Crippen LogP contribution >= 0.6 is 15.9 Å². The summed E-state index contributed by atoms with van der Waals surface area (Å²) in [6, 6.07) is 21.8. The number of sulfonamides is 1.